The van der Waals surface area contributed by atoms with Crippen LogP contribution in [0.2, 0.25) is 0 Å². The first-order chi connectivity index (χ1) is 13.2. The Bertz CT molecular complexity index is 1060. The van der Waals surface area contributed by atoms with Crippen molar-refractivity contribution in [3.8, 4) is 5.75 Å². The van der Waals surface area contributed by atoms with Crippen molar-refractivity contribution in [2.45, 2.75) is 16.0 Å². The minimum atomic E-state index is -4.43. The van der Waals surface area contributed by atoms with E-state index >= 15 is 0 Å². The molecule has 0 aromatic heterocycles. The number of nitrogens with one attached hydrogen (secondary N) is 1. The highest BCUT2D eigenvalue weighted by Crippen LogP contribution is 2.32. The molecule has 0 unspecified atom stereocenters. The van der Waals surface area contributed by atoms with Gasteiger partial charge in [0.2, 0.25) is 9.84 Å². The fourth-order valence-corrected chi connectivity index (χ4v) is 3.90. The van der Waals surface area contributed by atoms with Crippen molar-refractivity contribution in [3.05, 3.63) is 78.4 Å². The van der Waals surface area contributed by atoms with Crippen LogP contribution in [-0.4, -0.2) is 15.5 Å². The summed E-state index contributed by atoms with van der Waals surface area (Å²) in [5.41, 5.74) is -0.0195. The molecule has 0 aliphatic carbocycles. The van der Waals surface area contributed by atoms with E-state index < -0.39 is 21.6 Å². The topological polar surface area (TPSA) is 55.4 Å². The molecule has 0 aliphatic heterocycles. The van der Waals surface area contributed by atoms with Gasteiger partial charge < -0.3 is 10.1 Å². The van der Waals surface area contributed by atoms with E-state index in [-0.39, 0.29) is 9.79 Å². The molecule has 0 atom stereocenters. The number of rotatable bonds is 5. The molecule has 3 rings (SSSR count). The molecule has 8 heteroatoms. The molecule has 4 nitrogen and oxygen atoms in total. The van der Waals surface area contributed by atoms with Crippen LogP contribution in [0.15, 0.2) is 82.6 Å². The standard InChI is InChI=1S/C20H16F3NO3S/c1-27-17-11-16(24-15-9-7-14(8-10-15)20(21,22)23)12-19(13-17)28(25,26)18-5-3-2-4-6-18/h2-13,24H,1H3. The van der Waals surface area contributed by atoms with E-state index in [9.17, 15) is 21.6 Å². The van der Waals surface area contributed by atoms with Crippen LogP contribution in [0.4, 0.5) is 24.5 Å². The first-order valence-corrected chi connectivity index (χ1v) is 9.62. The number of hydrogen-bond acceptors (Lipinski definition) is 4. The summed E-state index contributed by atoms with van der Waals surface area (Å²) in [6, 6.07) is 16.7. The average Bonchev–Trinajstić information content (AvgIpc) is 2.68. The van der Waals surface area contributed by atoms with Gasteiger partial charge in [0.1, 0.15) is 5.75 Å². The Morgan fingerprint density at radius 1 is 0.821 bits per heavy atom. The van der Waals surface area contributed by atoms with Crippen LogP contribution in [0.3, 0.4) is 0 Å². The summed E-state index contributed by atoms with van der Waals surface area (Å²) in [4.78, 5) is 0.135. The highest BCUT2D eigenvalue weighted by Gasteiger charge is 2.30. The van der Waals surface area contributed by atoms with Crippen molar-refractivity contribution in [1.29, 1.82) is 0 Å². The molecule has 0 saturated carbocycles. The second kappa shape index (κ2) is 7.55. The lowest BCUT2D eigenvalue weighted by Crippen LogP contribution is -2.05. The Balaban J connectivity index is 1.96. The predicted molar refractivity (Wildman–Crippen MR) is 99.6 cm³/mol. The van der Waals surface area contributed by atoms with Gasteiger partial charge in [-0.25, -0.2) is 8.42 Å². The van der Waals surface area contributed by atoms with Crippen LogP contribution in [0.5, 0.6) is 5.75 Å². The third-order valence-corrected chi connectivity index (χ3v) is 5.73. The summed E-state index contributed by atoms with van der Waals surface area (Å²) < 4.78 is 68.9. The Morgan fingerprint density at radius 3 is 2.04 bits per heavy atom. The number of anilines is 2. The lowest BCUT2D eigenvalue weighted by molar-refractivity contribution is -0.137. The molecule has 0 saturated heterocycles. The molecular weight excluding hydrogens is 391 g/mol. The van der Waals surface area contributed by atoms with Crippen molar-refractivity contribution in [2.75, 3.05) is 12.4 Å². The van der Waals surface area contributed by atoms with Crippen molar-refractivity contribution in [3.63, 3.8) is 0 Å². The molecule has 0 fully saturated rings. The normalized spacial score (nSPS) is 11.9. The number of benzene rings is 3. The highest BCUT2D eigenvalue weighted by atomic mass is 32.2. The van der Waals surface area contributed by atoms with Crippen LogP contribution in [0.25, 0.3) is 0 Å². The van der Waals surface area contributed by atoms with Gasteiger partial charge in [0.15, 0.2) is 0 Å². The molecule has 1 N–H and O–H groups in total. The van der Waals surface area contributed by atoms with Crippen molar-refractivity contribution in [2.24, 2.45) is 0 Å². The third kappa shape index (κ3) is 4.28. The monoisotopic (exact) mass is 407 g/mol. The smallest absolute Gasteiger partial charge is 0.416 e. The summed E-state index contributed by atoms with van der Waals surface area (Å²) >= 11 is 0. The van der Waals surface area contributed by atoms with Crippen LogP contribution in [0, 0.1) is 0 Å². The Kier molecular flexibility index (Phi) is 5.33. The van der Waals surface area contributed by atoms with Crippen molar-refractivity contribution < 1.29 is 26.3 Å². The quantitative estimate of drug-likeness (QED) is 0.624. The minimum Gasteiger partial charge on any atom is -0.497 e. The number of ether oxygens (including phenoxy) is 1. The minimum absolute atomic E-state index is 0.00691. The van der Waals surface area contributed by atoms with Gasteiger partial charge in [-0.1, -0.05) is 18.2 Å². The summed E-state index contributed by atoms with van der Waals surface area (Å²) in [5, 5.41) is 2.91. The van der Waals surface area contributed by atoms with E-state index in [1.165, 1.54) is 43.5 Å². The maximum Gasteiger partial charge on any atom is 0.416 e. The van der Waals surface area contributed by atoms with Crippen molar-refractivity contribution >= 4 is 21.2 Å². The zero-order valence-electron chi connectivity index (χ0n) is 14.7. The Labute approximate surface area is 160 Å². The molecular formula is C20H16F3NO3S. The third-order valence-electron chi connectivity index (χ3n) is 3.98. The lowest BCUT2D eigenvalue weighted by Gasteiger charge is -2.13. The second-order valence-electron chi connectivity index (χ2n) is 5.91. The fraction of sp³-hybridized carbons (Fsp3) is 0.100. The van der Waals surface area contributed by atoms with E-state index in [2.05, 4.69) is 5.32 Å². The Morgan fingerprint density at radius 2 is 1.46 bits per heavy atom. The van der Waals surface area contributed by atoms with E-state index in [0.717, 1.165) is 12.1 Å². The number of methoxy groups -OCH3 is 1. The van der Waals surface area contributed by atoms with Crippen LogP contribution in [0.1, 0.15) is 5.56 Å². The van der Waals surface area contributed by atoms with Crippen LogP contribution < -0.4 is 10.1 Å². The highest BCUT2D eigenvalue weighted by molar-refractivity contribution is 7.91. The maximum atomic E-state index is 12.9. The summed E-state index contributed by atoms with van der Waals surface area (Å²) in [7, 11) is -2.38. The molecule has 3 aromatic rings. The Hall–Kier alpha value is -3.00. The number of hydrogen-bond donors (Lipinski definition) is 1. The lowest BCUT2D eigenvalue weighted by atomic mass is 10.2. The van der Waals surface area contributed by atoms with Crippen LogP contribution >= 0.6 is 0 Å². The summed E-state index contributed by atoms with van der Waals surface area (Å²) in [6.07, 6.45) is -4.43. The molecule has 0 aliphatic rings. The molecule has 146 valence electrons. The van der Waals surface area contributed by atoms with E-state index in [1.54, 1.807) is 24.3 Å². The largest absolute Gasteiger partial charge is 0.497 e. The van der Waals surface area contributed by atoms with Crippen molar-refractivity contribution in [1.82, 2.24) is 0 Å². The fourth-order valence-electron chi connectivity index (χ4n) is 2.56. The molecule has 0 amide bonds. The first-order valence-electron chi connectivity index (χ1n) is 8.14. The van der Waals surface area contributed by atoms with Gasteiger partial charge in [0, 0.05) is 17.4 Å². The predicted octanol–water partition coefficient (Wildman–Crippen LogP) is 5.29. The molecule has 0 radical (unpaired) electrons. The summed E-state index contributed by atoms with van der Waals surface area (Å²) in [5.74, 6) is 0.298. The second-order valence-corrected chi connectivity index (χ2v) is 7.86. The zero-order valence-corrected chi connectivity index (χ0v) is 15.5. The van der Waals surface area contributed by atoms with E-state index in [1.807, 2.05) is 0 Å². The molecule has 0 heterocycles. The SMILES string of the molecule is COc1cc(Nc2ccc(C(F)(F)F)cc2)cc(S(=O)(=O)c2ccccc2)c1. The van der Waals surface area contributed by atoms with Gasteiger partial charge in [0.05, 0.1) is 22.5 Å². The van der Waals surface area contributed by atoms with Gasteiger partial charge in [-0.05, 0) is 48.5 Å². The maximum absolute atomic E-state index is 12.9. The van der Waals surface area contributed by atoms with Gasteiger partial charge in [0.25, 0.3) is 0 Å². The van der Waals surface area contributed by atoms with Gasteiger partial charge >= 0.3 is 6.18 Å². The number of sulfone groups is 1. The first kappa shape index (κ1) is 19.8. The van der Waals surface area contributed by atoms with Crippen LogP contribution in [-0.2, 0) is 16.0 Å². The van der Waals surface area contributed by atoms with Gasteiger partial charge in [-0.2, -0.15) is 13.2 Å². The zero-order chi connectivity index (χ0) is 20.4. The van der Waals surface area contributed by atoms with E-state index in [4.69, 9.17) is 4.74 Å². The molecule has 28 heavy (non-hydrogen) atoms. The van der Waals surface area contributed by atoms with Gasteiger partial charge in [-0.15, -0.1) is 0 Å². The van der Waals surface area contributed by atoms with Gasteiger partial charge in [-0.3, -0.25) is 0 Å². The summed E-state index contributed by atoms with van der Waals surface area (Å²) in [6.45, 7) is 0. The molecule has 0 bridgehead atoms. The molecule has 0 spiro atoms. The van der Waals surface area contributed by atoms with E-state index in [0.29, 0.717) is 17.1 Å². The number of halogens is 3. The molecule has 3 aromatic carbocycles. The average molecular weight is 407 g/mol. The number of alkyl halides is 3.